The van der Waals surface area contributed by atoms with Crippen LogP contribution in [0.2, 0.25) is 0 Å². The Bertz CT molecular complexity index is 584. The molecule has 1 aliphatic heterocycles. The topological polar surface area (TPSA) is 75.4 Å². The van der Waals surface area contributed by atoms with Crippen molar-refractivity contribution in [1.82, 2.24) is 9.62 Å². The van der Waals surface area contributed by atoms with Crippen LogP contribution in [0.4, 0.5) is 5.69 Å². The summed E-state index contributed by atoms with van der Waals surface area (Å²) in [5, 5.41) is 0. The van der Waals surface area contributed by atoms with Gasteiger partial charge in [0.05, 0.1) is 4.90 Å². The van der Waals surface area contributed by atoms with E-state index in [2.05, 4.69) is 32.6 Å². The zero-order valence-corrected chi connectivity index (χ0v) is 14.6. The number of halogens is 1. The van der Waals surface area contributed by atoms with E-state index in [4.69, 9.17) is 5.73 Å². The molecule has 0 atom stereocenters. The van der Waals surface area contributed by atoms with Crippen molar-refractivity contribution in [1.29, 1.82) is 0 Å². The van der Waals surface area contributed by atoms with Crippen LogP contribution in [-0.2, 0) is 10.0 Å². The Morgan fingerprint density at radius 1 is 1.38 bits per heavy atom. The molecule has 118 valence electrons. The normalized spacial score (nSPS) is 18.0. The lowest BCUT2D eigenvalue weighted by Crippen LogP contribution is -2.32. The summed E-state index contributed by atoms with van der Waals surface area (Å²) in [6.45, 7) is 2.67. The molecule has 1 saturated heterocycles. The summed E-state index contributed by atoms with van der Waals surface area (Å²) < 4.78 is 27.8. The van der Waals surface area contributed by atoms with Crippen LogP contribution in [0.3, 0.4) is 0 Å². The summed E-state index contributed by atoms with van der Waals surface area (Å²) in [6.07, 6.45) is 3.17. The highest BCUT2D eigenvalue weighted by atomic mass is 79.9. The number of nitrogen functional groups attached to an aromatic ring is 1. The third-order valence-corrected chi connectivity index (χ3v) is 6.14. The smallest absolute Gasteiger partial charge is 0.240 e. The van der Waals surface area contributed by atoms with Crippen LogP contribution in [0.1, 0.15) is 19.3 Å². The number of nitrogens with two attached hydrogens (primary N) is 1. The standard InChI is InChI=1S/C14H22BrN3O2S/c1-18-8-5-11(6-9-18)4-7-17-21(19,20)12-2-3-13(15)14(16)10-12/h2-3,10-11,17H,4-9,16H2,1H3. The van der Waals surface area contributed by atoms with E-state index >= 15 is 0 Å². The molecule has 1 aliphatic rings. The summed E-state index contributed by atoms with van der Waals surface area (Å²) >= 11 is 3.26. The molecule has 1 aromatic rings. The minimum absolute atomic E-state index is 0.214. The van der Waals surface area contributed by atoms with Gasteiger partial charge in [-0.2, -0.15) is 0 Å². The molecule has 0 aromatic heterocycles. The number of nitrogens with one attached hydrogen (secondary N) is 1. The van der Waals surface area contributed by atoms with Gasteiger partial charge in [0.15, 0.2) is 0 Å². The van der Waals surface area contributed by atoms with Crippen molar-refractivity contribution in [3.8, 4) is 0 Å². The lowest BCUT2D eigenvalue weighted by atomic mass is 9.94. The van der Waals surface area contributed by atoms with Gasteiger partial charge in [0.25, 0.3) is 0 Å². The van der Waals surface area contributed by atoms with E-state index in [1.54, 1.807) is 12.1 Å². The van der Waals surface area contributed by atoms with Crippen LogP contribution in [0.5, 0.6) is 0 Å². The van der Waals surface area contributed by atoms with Gasteiger partial charge in [-0.1, -0.05) is 0 Å². The fourth-order valence-electron chi connectivity index (χ4n) is 2.52. The largest absolute Gasteiger partial charge is 0.398 e. The van der Waals surface area contributed by atoms with Crippen molar-refractivity contribution in [2.45, 2.75) is 24.2 Å². The van der Waals surface area contributed by atoms with E-state index < -0.39 is 10.0 Å². The number of benzene rings is 1. The van der Waals surface area contributed by atoms with E-state index in [1.165, 1.54) is 6.07 Å². The van der Waals surface area contributed by atoms with Crippen LogP contribution in [0.15, 0.2) is 27.6 Å². The Morgan fingerprint density at radius 3 is 2.67 bits per heavy atom. The molecule has 1 heterocycles. The molecular weight excluding hydrogens is 354 g/mol. The van der Waals surface area contributed by atoms with Crippen LogP contribution < -0.4 is 10.5 Å². The number of sulfonamides is 1. The Balaban J connectivity index is 1.88. The van der Waals surface area contributed by atoms with Crippen LogP contribution in [-0.4, -0.2) is 40.0 Å². The van der Waals surface area contributed by atoms with Crippen molar-refractivity contribution < 1.29 is 8.42 Å². The summed E-state index contributed by atoms with van der Waals surface area (Å²) in [6, 6.07) is 4.68. The van der Waals surface area contributed by atoms with Crippen molar-refractivity contribution in [2.75, 3.05) is 32.4 Å². The van der Waals surface area contributed by atoms with Crippen LogP contribution in [0.25, 0.3) is 0 Å². The highest BCUT2D eigenvalue weighted by Gasteiger charge is 2.19. The molecule has 5 nitrogen and oxygen atoms in total. The molecule has 0 spiro atoms. The molecule has 7 heteroatoms. The first-order valence-corrected chi connectivity index (χ1v) is 9.39. The van der Waals surface area contributed by atoms with E-state index in [-0.39, 0.29) is 4.90 Å². The van der Waals surface area contributed by atoms with Gasteiger partial charge >= 0.3 is 0 Å². The third kappa shape index (κ3) is 4.67. The lowest BCUT2D eigenvalue weighted by Gasteiger charge is -2.28. The molecule has 0 radical (unpaired) electrons. The van der Waals surface area contributed by atoms with Gasteiger partial charge in [-0.3, -0.25) is 0 Å². The van der Waals surface area contributed by atoms with Gasteiger partial charge in [0.1, 0.15) is 0 Å². The summed E-state index contributed by atoms with van der Waals surface area (Å²) in [5.41, 5.74) is 6.16. The summed E-state index contributed by atoms with van der Waals surface area (Å²) in [7, 11) is -1.35. The van der Waals surface area contributed by atoms with Gasteiger partial charge in [-0.05, 0) is 79.4 Å². The maximum atomic E-state index is 12.2. The maximum absolute atomic E-state index is 12.2. The van der Waals surface area contributed by atoms with Crippen molar-refractivity contribution >= 4 is 31.6 Å². The molecule has 0 saturated carbocycles. The van der Waals surface area contributed by atoms with Crippen molar-refractivity contribution in [2.24, 2.45) is 5.92 Å². The molecule has 0 bridgehead atoms. The van der Waals surface area contributed by atoms with Crippen molar-refractivity contribution in [3.05, 3.63) is 22.7 Å². The third-order valence-electron chi connectivity index (χ3n) is 3.96. The van der Waals surface area contributed by atoms with Crippen LogP contribution >= 0.6 is 15.9 Å². The molecule has 1 aromatic carbocycles. The van der Waals surface area contributed by atoms with Crippen molar-refractivity contribution in [3.63, 3.8) is 0 Å². The Labute approximate surface area is 135 Å². The van der Waals surface area contributed by atoms with E-state index in [0.29, 0.717) is 22.6 Å². The summed E-state index contributed by atoms with van der Waals surface area (Å²) in [5.74, 6) is 0.610. The number of anilines is 1. The minimum Gasteiger partial charge on any atom is -0.398 e. The SMILES string of the molecule is CN1CCC(CCNS(=O)(=O)c2ccc(Br)c(N)c2)CC1. The Hall–Kier alpha value is -0.630. The second kappa shape index (κ2) is 7.09. The minimum atomic E-state index is -3.47. The molecule has 2 rings (SSSR count). The Kier molecular flexibility index (Phi) is 5.65. The second-order valence-corrected chi connectivity index (χ2v) is 8.24. The number of piperidine rings is 1. The van der Waals surface area contributed by atoms with E-state index in [9.17, 15) is 8.42 Å². The lowest BCUT2D eigenvalue weighted by molar-refractivity contribution is 0.213. The zero-order chi connectivity index (χ0) is 15.5. The first-order chi connectivity index (χ1) is 9.88. The highest BCUT2D eigenvalue weighted by molar-refractivity contribution is 9.10. The molecule has 0 aliphatic carbocycles. The number of rotatable bonds is 5. The fourth-order valence-corrected chi connectivity index (χ4v) is 3.85. The number of likely N-dealkylation sites (tertiary alicyclic amines) is 1. The van der Waals surface area contributed by atoms with Gasteiger partial charge < -0.3 is 10.6 Å². The molecule has 1 fully saturated rings. The first-order valence-electron chi connectivity index (χ1n) is 7.12. The monoisotopic (exact) mass is 375 g/mol. The average molecular weight is 376 g/mol. The quantitative estimate of drug-likeness (QED) is 0.772. The van der Waals surface area contributed by atoms with Crippen LogP contribution in [0, 0.1) is 5.92 Å². The number of hydrogen-bond donors (Lipinski definition) is 2. The Morgan fingerprint density at radius 2 is 2.05 bits per heavy atom. The molecule has 21 heavy (non-hydrogen) atoms. The predicted molar refractivity (Wildman–Crippen MR) is 88.6 cm³/mol. The molecule has 0 amide bonds. The second-order valence-electron chi connectivity index (χ2n) is 5.62. The first kappa shape index (κ1) is 16.7. The van der Waals surface area contributed by atoms with E-state index in [0.717, 1.165) is 32.4 Å². The van der Waals surface area contributed by atoms with Gasteiger partial charge in [-0.25, -0.2) is 13.1 Å². The van der Waals surface area contributed by atoms with Gasteiger partial charge in [0.2, 0.25) is 10.0 Å². The average Bonchev–Trinajstić information content (AvgIpc) is 2.44. The zero-order valence-electron chi connectivity index (χ0n) is 12.2. The predicted octanol–water partition coefficient (Wildman–Crippen LogP) is 2.04. The van der Waals surface area contributed by atoms with Gasteiger partial charge in [0, 0.05) is 16.7 Å². The maximum Gasteiger partial charge on any atom is 0.240 e. The van der Waals surface area contributed by atoms with Gasteiger partial charge in [-0.15, -0.1) is 0 Å². The fraction of sp³-hybridized carbons (Fsp3) is 0.571. The number of hydrogen-bond acceptors (Lipinski definition) is 4. The highest BCUT2D eigenvalue weighted by Crippen LogP contribution is 2.23. The molecule has 0 unspecified atom stereocenters. The summed E-state index contributed by atoms with van der Waals surface area (Å²) in [4.78, 5) is 2.53. The van der Waals surface area contributed by atoms with E-state index in [1.807, 2.05) is 0 Å². The number of nitrogens with zero attached hydrogens (tertiary/aromatic N) is 1. The molecular formula is C14H22BrN3O2S. The molecule has 3 N–H and O–H groups in total.